The van der Waals surface area contributed by atoms with E-state index in [4.69, 9.17) is 0 Å². The fourth-order valence-corrected chi connectivity index (χ4v) is 2.74. The summed E-state index contributed by atoms with van der Waals surface area (Å²) >= 11 is 0. The third-order valence-corrected chi connectivity index (χ3v) is 3.30. The molecular weight excluding hydrogens is 134 g/mol. The SMILES string of the molecule is CC(=O)N=S1CCCC1. The van der Waals surface area contributed by atoms with E-state index < -0.39 is 0 Å². The smallest absolute Gasteiger partial charge is 0.248 e. The number of amides is 1. The monoisotopic (exact) mass is 145 g/mol. The molecule has 0 aliphatic carbocycles. The van der Waals surface area contributed by atoms with Gasteiger partial charge in [0.1, 0.15) is 0 Å². The van der Waals surface area contributed by atoms with Crippen LogP contribution < -0.4 is 0 Å². The standard InChI is InChI=1S/C6H11NOS/c1-6(8)7-9-4-2-3-5-9/h2-5H2,1H3. The molecular formula is C6H11NOS. The fraction of sp³-hybridized carbons (Fsp3) is 0.833. The van der Waals surface area contributed by atoms with Gasteiger partial charge in [0, 0.05) is 18.4 Å². The Labute approximate surface area is 57.7 Å². The first kappa shape index (κ1) is 6.93. The second-order valence-electron chi connectivity index (χ2n) is 2.19. The Morgan fingerprint density at radius 2 is 2.00 bits per heavy atom. The zero-order chi connectivity index (χ0) is 6.69. The van der Waals surface area contributed by atoms with Crippen molar-refractivity contribution in [3.05, 3.63) is 0 Å². The second kappa shape index (κ2) is 3.11. The van der Waals surface area contributed by atoms with Gasteiger partial charge in [-0.05, 0) is 12.8 Å². The molecule has 0 atom stereocenters. The molecule has 1 aliphatic heterocycles. The summed E-state index contributed by atoms with van der Waals surface area (Å²) < 4.78 is 3.97. The average Bonchev–Trinajstić information content (AvgIpc) is 2.15. The van der Waals surface area contributed by atoms with E-state index in [1.807, 2.05) is 0 Å². The van der Waals surface area contributed by atoms with E-state index in [-0.39, 0.29) is 16.6 Å². The molecule has 1 rings (SSSR count). The Kier molecular flexibility index (Phi) is 2.39. The molecule has 9 heavy (non-hydrogen) atoms. The summed E-state index contributed by atoms with van der Waals surface area (Å²) in [5.41, 5.74) is 0. The van der Waals surface area contributed by atoms with Crippen molar-refractivity contribution >= 4 is 16.6 Å². The number of rotatable bonds is 0. The van der Waals surface area contributed by atoms with Crippen LogP contribution in [0, 0.1) is 0 Å². The van der Waals surface area contributed by atoms with Crippen LogP contribution in [0.4, 0.5) is 0 Å². The molecule has 0 aromatic carbocycles. The molecule has 1 fully saturated rings. The summed E-state index contributed by atoms with van der Waals surface area (Å²) in [5, 5.41) is 0. The molecule has 1 amide bonds. The Morgan fingerprint density at radius 3 is 2.44 bits per heavy atom. The normalized spacial score (nSPS) is 20.1. The van der Waals surface area contributed by atoms with Crippen molar-refractivity contribution in [3.63, 3.8) is 0 Å². The molecule has 0 aromatic heterocycles. The van der Waals surface area contributed by atoms with Gasteiger partial charge in [0.2, 0.25) is 5.91 Å². The maximum Gasteiger partial charge on any atom is 0.248 e. The Hall–Kier alpha value is -0.180. The van der Waals surface area contributed by atoms with E-state index in [0.717, 1.165) is 11.5 Å². The molecule has 0 spiro atoms. The first-order valence-electron chi connectivity index (χ1n) is 3.19. The minimum absolute atomic E-state index is 0.000216. The lowest BCUT2D eigenvalue weighted by Gasteiger charge is -1.90. The van der Waals surface area contributed by atoms with Crippen molar-refractivity contribution in [2.24, 2.45) is 4.36 Å². The van der Waals surface area contributed by atoms with Crippen molar-refractivity contribution in [1.82, 2.24) is 0 Å². The molecule has 0 N–H and O–H groups in total. The van der Waals surface area contributed by atoms with Gasteiger partial charge in [-0.1, -0.05) is 10.7 Å². The quantitative estimate of drug-likeness (QED) is 0.502. The van der Waals surface area contributed by atoms with E-state index in [9.17, 15) is 4.79 Å². The lowest BCUT2D eigenvalue weighted by atomic mass is 10.4. The van der Waals surface area contributed by atoms with Crippen LogP contribution in [-0.4, -0.2) is 17.4 Å². The summed E-state index contributed by atoms with van der Waals surface area (Å²) in [4.78, 5) is 10.4. The molecule has 0 bridgehead atoms. The molecule has 3 heteroatoms. The molecule has 2 nitrogen and oxygen atoms in total. The number of nitrogens with zero attached hydrogens (tertiary/aromatic N) is 1. The highest BCUT2D eigenvalue weighted by Crippen LogP contribution is 2.07. The van der Waals surface area contributed by atoms with Crippen LogP contribution in [-0.2, 0) is 15.5 Å². The lowest BCUT2D eigenvalue weighted by molar-refractivity contribution is -0.115. The van der Waals surface area contributed by atoms with E-state index in [1.54, 1.807) is 0 Å². The fourth-order valence-electron chi connectivity index (χ4n) is 0.913. The van der Waals surface area contributed by atoms with Crippen molar-refractivity contribution in [2.75, 3.05) is 11.5 Å². The summed E-state index contributed by atoms with van der Waals surface area (Å²) in [6.45, 7) is 1.53. The predicted octanol–water partition coefficient (Wildman–Crippen LogP) is 1.13. The molecule has 1 aliphatic rings. The first-order valence-corrected chi connectivity index (χ1v) is 4.71. The Balaban J connectivity index is 2.49. The highest BCUT2D eigenvalue weighted by atomic mass is 32.2. The van der Waals surface area contributed by atoms with E-state index in [0.29, 0.717) is 0 Å². The number of carbonyl (C=O) groups is 1. The molecule has 52 valence electrons. The van der Waals surface area contributed by atoms with Crippen LogP contribution in [0.1, 0.15) is 19.8 Å². The second-order valence-corrected chi connectivity index (χ2v) is 4.11. The maximum atomic E-state index is 10.4. The highest BCUT2D eigenvalue weighted by Gasteiger charge is 2.06. The lowest BCUT2D eigenvalue weighted by Crippen LogP contribution is -1.93. The summed E-state index contributed by atoms with van der Waals surface area (Å²) in [7, 11) is 0.118. The molecule has 0 aromatic rings. The number of carbonyl (C=O) groups excluding carboxylic acids is 1. The summed E-state index contributed by atoms with van der Waals surface area (Å²) in [6, 6.07) is 0. The van der Waals surface area contributed by atoms with E-state index in [2.05, 4.69) is 4.36 Å². The zero-order valence-electron chi connectivity index (χ0n) is 5.59. The number of hydrogen-bond donors (Lipinski definition) is 0. The van der Waals surface area contributed by atoms with Gasteiger partial charge in [0.05, 0.1) is 0 Å². The van der Waals surface area contributed by atoms with Gasteiger partial charge in [0.15, 0.2) is 0 Å². The van der Waals surface area contributed by atoms with Crippen molar-refractivity contribution in [1.29, 1.82) is 0 Å². The van der Waals surface area contributed by atoms with Crippen LogP contribution >= 0.6 is 0 Å². The van der Waals surface area contributed by atoms with Gasteiger partial charge in [0.25, 0.3) is 0 Å². The Morgan fingerprint density at radius 1 is 1.44 bits per heavy atom. The predicted molar refractivity (Wildman–Crippen MR) is 39.4 cm³/mol. The van der Waals surface area contributed by atoms with Crippen molar-refractivity contribution < 1.29 is 4.79 Å². The van der Waals surface area contributed by atoms with Crippen molar-refractivity contribution in [2.45, 2.75) is 19.8 Å². The van der Waals surface area contributed by atoms with E-state index in [1.165, 1.54) is 19.8 Å². The largest absolute Gasteiger partial charge is 0.272 e. The van der Waals surface area contributed by atoms with Crippen LogP contribution in [0.15, 0.2) is 4.36 Å². The number of hydrogen-bond acceptors (Lipinski definition) is 1. The van der Waals surface area contributed by atoms with Crippen molar-refractivity contribution in [3.8, 4) is 0 Å². The van der Waals surface area contributed by atoms with Gasteiger partial charge in [-0.25, -0.2) is 0 Å². The minimum atomic E-state index is 0.000216. The maximum absolute atomic E-state index is 10.4. The van der Waals surface area contributed by atoms with Crippen LogP contribution in [0.3, 0.4) is 0 Å². The Bertz CT molecular complexity index is 145. The average molecular weight is 145 g/mol. The van der Waals surface area contributed by atoms with Gasteiger partial charge in [-0.2, -0.15) is 4.36 Å². The molecule has 1 saturated heterocycles. The van der Waals surface area contributed by atoms with Gasteiger partial charge >= 0.3 is 0 Å². The zero-order valence-corrected chi connectivity index (χ0v) is 6.41. The minimum Gasteiger partial charge on any atom is -0.272 e. The molecule has 0 saturated carbocycles. The van der Waals surface area contributed by atoms with Crippen LogP contribution in [0.25, 0.3) is 0 Å². The van der Waals surface area contributed by atoms with Gasteiger partial charge in [-0.15, -0.1) is 0 Å². The molecule has 0 radical (unpaired) electrons. The van der Waals surface area contributed by atoms with Crippen LogP contribution in [0.2, 0.25) is 0 Å². The highest BCUT2D eigenvalue weighted by molar-refractivity contribution is 7.87. The molecule has 0 unspecified atom stereocenters. The molecule has 1 heterocycles. The van der Waals surface area contributed by atoms with Gasteiger partial charge in [-0.3, -0.25) is 4.79 Å². The first-order chi connectivity index (χ1) is 4.29. The van der Waals surface area contributed by atoms with Crippen LogP contribution in [0.5, 0.6) is 0 Å². The summed E-state index contributed by atoms with van der Waals surface area (Å²) in [6.07, 6.45) is 2.53. The van der Waals surface area contributed by atoms with Gasteiger partial charge < -0.3 is 0 Å². The van der Waals surface area contributed by atoms with E-state index >= 15 is 0 Å². The summed E-state index contributed by atoms with van der Waals surface area (Å²) in [5.74, 6) is 2.30. The topological polar surface area (TPSA) is 29.4 Å². The third kappa shape index (κ3) is 2.26. The third-order valence-electron chi connectivity index (χ3n) is 1.27.